The minimum absolute atomic E-state index is 0.154. The number of ether oxygens (including phenoxy) is 1. The van der Waals surface area contributed by atoms with Crippen molar-refractivity contribution in [2.45, 2.75) is 12.1 Å². The maximum Gasteiger partial charge on any atom is 0.422 e. The highest BCUT2D eigenvalue weighted by Gasteiger charge is 2.28. The molecule has 1 nitrogen and oxygen atoms in total. The Hall–Kier alpha value is -0.420. The molecular formula is C9H7BrClF3O. The van der Waals surface area contributed by atoms with Crippen LogP contribution in [0.2, 0.25) is 0 Å². The van der Waals surface area contributed by atoms with E-state index in [1.807, 2.05) is 0 Å². The molecule has 0 spiro atoms. The molecule has 1 aromatic rings. The maximum atomic E-state index is 11.9. The Kier molecular flexibility index (Phi) is 4.28. The van der Waals surface area contributed by atoms with E-state index in [4.69, 9.17) is 11.6 Å². The molecule has 0 saturated carbocycles. The summed E-state index contributed by atoms with van der Waals surface area (Å²) >= 11 is 8.66. The normalized spacial score (nSPS) is 11.5. The number of hydrogen-bond acceptors (Lipinski definition) is 1. The van der Waals surface area contributed by atoms with Crippen LogP contribution in [-0.2, 0) is 5.88 Å². The third-order valence-electron chi connectivity index (χ3n) is 1.54. The summed E-state index contributed by atoms with van der Waals surface area (Å²) in [6.07, 6.45) is -4.33. The quantitative estimate of drug-likeness (QED) is 0.763. The van der Waals surface area contributed by atoms with E-state index in [0.29, 0.717) is 10.4 Å². The van der Waals surface area contributed by atoms with Crippen LogP contribution in [0.3, 0.4) is 0 Å². The minimum atomic E-state index is -4.33. The third kappa shape index (κ3) is 4.30. The molecule has 0 aliphatic heterocycles. The van der Waals surface area contributed by atoms with Gasteiger partial charge in [-0.2, -0.15) is 13.2 Å². The molecule has 1 rings (SSSR count). The number of halogens is 5. The van der Waals surface area contributed by atoms with Gasteiger partial charge in [0.25, 0.3) is 0 Å². The lowest BCUT2D eigenvalue weighted by Crippen LogP contribution is -2.19. The highest BCUT2D eigenvalue weighted by molar-refractivity contribution is 9.10. The van der Waals surface area contributed by atoms with Crippen molar-refractivity contribution in [3.63, 3.8) is 0 Å². The van der Waals surface area contributed by atoms with Crippen LogP contribution in [-0.4, -0.2) is 12.8 Å². The average Bonchev–Trinajstić information content (AvgIpc) is 2.14. The van der Waals surface area contributed by atoms with Crippen molar-refractivity contribution in [1.82, 2.24) is 0 Å². The summed E-state index contributed by atoms with van der Waals surface area (Å²) in [5.74, 6) is 0.458. The van der Waals surface area contributed by atoms with Crippen LogP contribution < -0.4 is 4.74 Å². The van der Waals surface area contributed by atoms with E-state index in [2.05, 4.69) is 20.7 Å². The fourth-order valence-electron chi connectivity index (χ4n) is 0.904. The first-order valence-corrected chi connectivity index (χ1v) is 5.29. The zero-order valence-electron chi connectivity index (χ0n) is 7.44. The molecule has 0 N–H and O–H groups in total. The second-order valence-electron chi connectivity index (χ2n) is 2.80. The van der Waals surface area contributed by atoms with Crippen LogP contribution in [0.1, 0.15) is 5.56 Å². The number of benzene rings is 1. The fraction of sp³-hybridized carbons (Fsp3) is 0.333. The molecule has 0 aromatic heterocycles. The zero-order valence-corrected chi connectivity index (χ0v) is 9.79. The molecule has 0 saturated heterocycles. The SMILES string of the molecule is FC(F)(F)COc1ccc(CCl)cc1Br. The Morgan fingerprint density at radius 1 is 1.33 bits per heavy atom. The van der Waals surface area contributed by atoms with Crippen molar-refractivity contribution >= 4 is 27.5 Å². The summed E-state index contributed by atoms with van der Waals surface area (Å²) in [6, 6.07) is 4.69. The van der Waals surface area contributed by atoms with Crippen LogP contribution in [0.25, 0.3) is 0 Å². The van der Waals surface area contributed by atoms with Gasteiger partial charge in [0.15, 0.2) is 6.61 Å². The van der Waals surface area contributed by atoms with E-state index in [1.54, 1.807) is 12.1 Å². The largest absolute Gasteiger partial charge is 0.483 e. The highest BCUT2D eigenvalue weighted by atomic mass is 79.9. The van der Waals surface area contributed by atoms with E-state index >= 15 is 0 Å². The van der Waals surface area contributed by atoms with Crippen molar-refractivity contribution in [1.29, 1.82) is 0 Å². The molecule has 0 fully saturated rings. The lowest BCUT2D eigenvalue weighted by Gasteiger charge is -2.10. The van der Waals surface area contributed by atoms with Gasteiger partial charge >= 0.3 is 6.18 Å². The summed E-state index contributed by atoms with van der Waals surface area (Å²) in [6.45, 7) is -1.30. The summed E-state index contributed by atoms with van der Waals surface area (Å²) in [4.78, 5) is 0. The van der Waals surface area contributed by atoms with E-state index in [-0.39, 0.29) is 5.75 Å². The lowest BCUT2D eigenvalue weighted by atomic mass is 10.2. The van der Waals surface area contributed by atoms with Gasteiger partial charge < -0.3 is 4.74 Å². The van der Waals surface area contributed by atoms with Crippen LogP contribution in [0.4, 0.5) is 13.2 Å². The van der Waals surface area contributed by atoms with E-state index in [1.165, 1.54) is 6.07 Å². The number of alkyl halides is 4. The van der Waals surface area contributed by atoms with Gasteiger partial charge in [-0.1, -0.05) is 6.07 Å². The van der Waals surface area contributed by atoms with Crippen molar-refractivity contribution in [2.75, 3.05) is 6.61 Å². The van der Waals surface area contributed by atoms with Gasteiger partial charge in [0.05, 0.1) is 4.47 Å². The molecule has 0 aliphatic rings. The molecular weight excluding hydrogens is 296 g/mol. The molecule has 15 heavy (non-hydrogen) atoms. The van der Waals surface area contributed by atoms with E-state index < -0.39 is 12.8 Å². The number of rotatable bonds is 3. The van der Waals surface area contributed by atoms with Crippen LogP contribution in [0, 0.1) is 0 Å². The molecule has 0 amide bonds. The Labute approximate surface area is 98.3 Å². The molecule has 0 radical (unpaired) electrons. The molecule has 0 atom stereocenters. The van der Waals surface area contributed by atoms with Crippen molar-refractivity contribution < 1.29 is 17.9 Å². The van der Waals surface area contributed by atoms with Crippen molar-refractivity contribution in [3.8, 4) is 5.75 Å². The van der Waals surface area contributed by atoms with Crippen LogP contribution in [0.15, 0.2) is 22.7 Å². The average molecular weight is 304 g/mol. The third-order valence-corrected chi connectivity index (χ3v) is 2.47. The first kappa shape index (κ1) is 12.6. The Balaban J connectivity index is 2.70. The van der Waals surface area contributed by atoms with Gasteiger partial charge in [-0.15, -0.1) is 11.6 Å². The van der Waals surface area contributed by atoms with Gasteiger partial charge in [0.2, 0.25) is 0 Å². The predicted molar refractivity (Wildman–Crippen MR) is 55.2 cm³/mol. The van der Waals surface area contributed by atoms with Crippen molar-refractivity contribution in [2.24, 2.45) is 0 Å². The molecule has 0 aliphatic carbocycles. The first-order valence-electron chi connectivity index (χ1n) is 3.96. The maximum absolute atomic E-state index is 11.9. The summed E-state index contributed by atoms with van der Waals surface area (Å²) in [7, 11) is 0. The van der Waals surface area contributed by atoms with Gasteiger partial charge in [0, 0.05) is 5.88 Å². The van der Waals surface area contributed by atoms with Crippen LogP contribution >= 0.6 is 27.5 Å². The smallest absolute Gasteiger partial charge is 0.422 e. The second-order valence-corrected chi connectivity index (χ2v) is 3.92. The van der Waals surface area contributed by atoms with E-state index in [9.17, 15) is 13.2 Å². The molecule has 0 bridgehead atoms. The van der Waals surface area contributed by atoms with E-state index in [0.717, 1.165) is 5.56 Å². The predicted octanol–water partition coefficient (Wildman–Crippen LogP) is 4.13. The topological polar surface area (TPSA) is 9.23 Å². The molecule has 0 unspecified atom stereocenters. The van der Waals surface area contributed by atoms with Gasteiger partial charge in [-0.3, -0.25) is 0 Å². The minimum Gasteiger partial charge on any atom is -0.483 e. The second kappa shape index (κ2) is 5.07. The summed E-state index contributed by atoms with van der Waals surface area (Å²) in [5, 5.41) is 0. The molecule has 84 valence electrons. The molecule has 6 heteroatoms. The van der Waals surface area contributed by atoms with Crippen molar-refractivity contribution in [3.05, 3.63) is 28.2 Å². The zero-order chi connectivity index (χ0) is 11.5. The Morgan fingerprint density at radius 3 is 2.47 bits per heavy atom. The fourth-order valence-corrected chi connectivity index (χ4v) is 1.61. The summed E-state index contributed by atoms with van der Waals surface area (Å²) in [5.41, 5.74) is 0.808. The van der Waals surface area contributed by atoms with Gasteiger partial charge in [-0.05, 0) is 33.6 Å². The summed E-state index contributed by atoms with van der Waals surface area (Å²) < 4.78 is 40.6. The van der Waals surface area contributed by atoms with Gasteiger partial charge in [-0.25, -0.2) is 0 Å². The Bertz CT molecular complexity index is 341. The monoisotopic (exact) mass is 302 g/mol. The number of hydrogen-bond donors (Lipinski definition) is 0. The molecule has 1 aromatic carbocycles. The highest BCUT2D eigenvalue weighted by Crippen LogP contribution is 2.28. The Morgan fingerprint density at radius 2 is 2.00 bits per heavy atom. The standard InChI is InChI=1S/C9H7BrClF3O/c10-7-3-6(4-11)1-2-8(7)15-5-9(12,13)14/h1-3H,4-5H2. The molecule has 0 heterocycles. The first-order chi connectivity index (χ1) is 6.92. The van der Waals surface area contributed by atoms with Gasteiger partial charge in [0.1, 0.15) is 5.75 Å². The van der Waals surface area contributed by atoms with Crippen LogP contribution in [0.5, 0.6) is 5.75 Å². The lowest BCUT2D eigenvalue weighted by molar-refractivity contribution is -0.153.